The van der Waals surface area contributed by atoms with E-state index in [0.717, 1.165) is 16.1 Å². The van der Waals surface area contributed by atoms with Gasteiger partial charge in [0.1, 0.15) is 5.65 Å². The van der Waals surface area contributed by atoms with E-state index in [1.54, 1.807) is 18.3 Å². The minimum absolute atomic E-state index is 0.188. The Kier molecular flexibility index (Phi) is 6.25. The zero-order chi connectivity index (χ0) is 21.8. The molecule has 2 aromatic carbocycles. The van der Waals surface area contributed by atoms with Crippen molar-refractivity contribution in [3.8, 4) is 0 Å². The number of aromatic nitrogens is 2. The van der Waals surface area contributed by atoms with Gasteiger partial charge in [-0.2, -0.15) is 0 Å². The number of halogens is 1. The Bertz CT molecular complexity index is 1320. The van der Waals surface area contributed by atoms with Gasteiger partial charge in [-0.3, -0.25) is 9.20 Å². The van der Waals surface area contributed by atoms with Gasteiger partial charge in [-0.05, 0) is 48.9 Å². The van der Waals surface area contributed by atoms with Crippen LogP contribution in [-0.2, 0) is 5.75 Å². The average molecular weight is 451 g/mol. The molecule has 4 rings (SSSR count). The first-order valence-corrected chi connectivity index (χ1v) is 10.9. The lowest BCUT2D eigenvalue weighted by atomic mass is 10.2. The van der Waals surface area contributed by atoms with Crippen molar-refractivity contribution < 1.29 is 4.79 Å². The molecule has 0 unspecified atom stereocenters. The number of nitrogens with one attached hydrogen (secondary N) is 2. The molecule has 0 aliphatic heterocycles. The van der Waals surface area contributed by atoms with E-state index in [4.69, 9.17) is 11.6 Å². The van der Waals surface area contributed by atoms with Crippen LogP contribution in [0, 0.1) is 6.92 Å². The summed E-state index contributed by atoms with van der Waals surface area (Å²) >= 11 is 7.45. The van der Waals surface area contributed by atoms with Crippen molar-refractivity contribution in [1.82, 2.24) is 9.38 Å². The number of pyridine rings is 1. The Morgan fingerprint density at radius 3 is 2.74 bits per heavy atom. The fraction of sp³-hybridized carbons (Fsp3) is 0.0870. The molecule has 0 aliphatic rings. The Balaban J connectivity index is 1.47. The molecule has 0 saturated heterocycles. The van der Waals surface area contributed by atoms with Gasteiger partial charge in [-0.15, -0.1) is 11.8 Å². The lowest BCUT2D eigenvalue weighted by Crippen LogP contribution is -2.19. The summed E-state index contributed by atoms with van der Waals surface area (Å²) in [4.78, 5) is 30.2. The number of rotatable bonds is 5. The molecule has 0 spiro atoms. The predicted molar refractivity (Wildman–Crippen MR) is 126 cm³/mol. The number of carbonyl (C=O) groups excluding carboxylic acids is 1. The molecule has 156 valence electrons. The molecule has 6 nitrogen and oxygen atoms in total. The van der Waals surface area contributed by atoms with Crippen LogP contribution in [0.25, 0.3) is 5.65 Å². The average Bonchev–Trinajstić information content (AvgIpc) is 2.73. The molecular formula is C23H19ClN4O2S. The number of benzene rings is 2. The van der Waals surface area contributed by atoms with E-state index in [-0.39, 0.29) is 11.6 Å². The van der Waals surface area contributed by atoms with Gasteiger partial charge < -0.3 is 10.6 Å². The topological polar surface area (TPSA) is 75.5 Å². The number of fused-ring (bicyclic) bond motifs is 1. The van der Waals surface area contributed by atoms with Gasteiger partial charge in [0, 0.05) is 28.6 Å². The van der Waals surface area contributed by atoms with E-state index in [1.165, 1.54) is 22.2 Å². The normalized spacial score (nSPS) is 10.8. The first kappa shape index (κ1) is 21.0. The molecule has 0 aliphatic carbocycles. The molecule has 0 radical (unpaired) electrons. The van der Waals surface area contributed by atoms with Crippen LogP contribution in [0.1, 0.15) is 11.3 Å². The number of hydrogen-bond donors (Lipinski definition) is 2. The molecule has 2 amide bonds. The summed E-state index contributed by atoms with van der Waals surface area (Å²) in [5, 5.41) is 6.20. The van der Waals surface area contributed by atoms with E-state index >= 15 is 0 Å². The minimum atomic E-state index is -0.322. The molecule has 8 heteroatoms. The standard InChI is InChI=1S/C23H19ClN4O2S/c1-15-5-4-6-17(11-15)26-23(30)27-19-7-2-3-8-20(19)31-14-18-12-22(29)28-13-16(24)9-10-21(28)25-18/h2-13H,14H2,1H3,(H2,26,27,30). The van der Waals surface area contributed by atoms with Crippen LogP contribution in [0.4, 0.5) is 16.2 Å². The van der Waals surface area contributed by atoms with E-state index < -0.39 is 0 Å². The van der Waals surface area contributed by atoms with Crippen molar-refractivity contribution in [3.05, 3.63) is 99.6 Å². The Hall–Kier alpha value is -3.29. The molecular weight excluding hydrogens is 432 g/mol. The van der Waals surface area contributed by atoms with Gasteiger partial charge in [0.2, 0.25) is 0 Å². The molecule has 0 fully saturated rings. The van der Waals surface area contributed by atoms with Crippen LogP contribution in [-0.4, -0.2) is 15.4 Å². The van der Waals surface area contributed by atoms with Crippen LogP contribution in [0.5, 0.6) is 0 Å². The van der Waals surface area contributed by atoms with Gasteiger partial charge in [0.05, 0.1) is 16.4 Å². The third-order valence-corrected chi connectivity index (χ3v) is 5.79. The molecule has 2 N–H and O–H groups in total. The van der Waals surface area contributed by atoms with Crippen molar-refractivity contribution in [3.63, 3.8) is 0 Å². The van der Waals surface area contributed by atoms with Crippen molar-refractivity contribution >= 4 is 46.4 Å². The molecule has 2 heterocycles. The number of aryl methyl sites for hydroxylation is 1. The van der Waals surface area contributed by atoms with E-state index in [9.17, 15) is 9.59 Å². The van der Waals surface area contributed by atoms with E-state index in [1.807, 2.05) is 55.5 Å². The summed E-state index contributed by atoms with van der Waals surface area (Å²) in [5.41, 5.74) is 3.47. The number of anilines is 2. The molecule has 0 atom stereocenters. The summed E-state index contributed by atoms with van der Waals surface area (Å²) < 4.78 is 1.42. The van der Waals surface area contributed by atoms with Crippen molar-refractivity contribution in [2.75, 3.05) is 10.6 Å². The third kappa shape index (κ3) is 5.25. The number of nitrogens with zero attached hydrogens (tertiary/aromatic N) is 2. The fourth-order valence-electron chi connectivity index (χ4n) is 3.05. The molecule has 2 aromatic heterocycles. The Morgan fingerprint density at radius 2 is 1.90 bits per heavy atom. The zero-order valence-electron chi connectivity index (χ0n) is 16.6. The summed E-state index contributed by atoms with van der Waals surface area (Å²) in [5.74, 6) is 0.479. The number of carbonyl (C=O) groups is 1. The highest BCUT2D eigenvalue weighted by Gasteiger charge is 2.09. The van der Waals surface area contributed by atoms with E-state index in [2.05, 4.69) is 15.6 Å². The van der Waals surface area contributed by atoms with Crippen molar-refractivity contribution in [1.29, 1.82) is 0 Å². The third-order valence-electron chi connectivity index (χ3n) is 4.46. The number of para-hydroxylation sites is 1. The summed E-state index contributed by atoms with van der Waals surface area (Å²) in [6.07, 6.45) is 1.55. The highest BCUT2D eigenvalue weighted by Crippen LogP contribution is 2.29. The van der Waals surface area contributed by atoms with Crippen LogP contribution in [0.2, 0.25) is 5.02 Å². The first-order chi connectivity index (χ1) is 15.0. The maximum absolute atomic E-state index is 12.4. The summed E-state index contributed by atoms with van der Waals surface area (Å²) in [6, 6.07) is 19.7. The highest BCUT2D eigenvalue weighted by molar-refractivity contribution is 7.98. The lowest BCUT2D eigenvalue weighted by molar-refractivity contribution is 0.262. The highest BCUT2D eigenvalue weighted by atomic mass is 35.5. The zero-order valence-corrected chi connectivity index (χ0v) is 18.2. The second-order valence-electron chi connectivity index (χ2n) is 6.89. The predicted octanol–water partition coefficient (Wildman–Crippen LogP) is 5.59. The lowest BCUT2D eigenvalue weighted by Gasteiger charge is -2.12. The fourth-order valence-corrected chi connectivity index (χ4v) is 4.12. The second kappa shape index (κ2) is 9.24. The SMILES string of the molecule is Cc1cccc(NC(=O)Nc2ccccc2SCc2cc(=O)n3cc(Cl)ccc3n2)c1. The van der Waals surface area contributed by atoms with Gasteiger partial charge in [0.25, 0.3) is 5.56 Å². The van der Waals surface area contributed by atoms with Crippen LogP contribution < -0.4 is 16.2 Å². The van der Waals surface area contributed by atoms with Crippen molar-refractivity contribution in [2.45, 2.75) is 17.6 Å². The number of amides is 2. The Labute approximate surface area is 188 Å². The van der Waals surface area contributed by atoms with Crippen LogP contribution in [0.15, 0.2) is 82.6 Å². The molecule has 0 bridgehead atoms. The molecule has 4 aromatic rings. The first-order valence-electron chi connectivity index (χ1n) is 9.52. The number of hydrogen-bond acceptors (Lipinski definition) is 4. The summed E-state index contributed by atoms with van der Waals surface area (Å²) in [6.45, 7) is 1.97. The maximum Gasteiger partial charge on any atom is 0.323 e. The smallest absolute Gasteiger partial charge is 0.308 e. The van der Waals surface area contributed by atoms with E-state index in [0.29, 0.717) is 27.8 Å². The monoisotopic (exact) mass is 450 g/mol. The molecule has 31 heavy (non-hydrogen) atoms. The van der Waals surface area contributed by atoms with Gasteiger partial charge in [0.15, 0.2) is 0 Å². The largest absolute Gasteiger partial charge is 0.323 e. The van der Waals surface area contributed by atoms with Gasteiger partial charge in [-0.1, -0.05) is 35.9 Å². The minimum Gasteiger partial charge on any atom is -0.308 e. The summed E-state index contributed by atoms with van der Waals surface area (Å²) in [7, 11) is 0. The molecule has 0 saturated carbocycles. The van der Waals surface area contributed by atoms with Crippen molar-refractivity contribution in [2.24, 2.45) is 0 Å². The number of thioether (sulfide) groups is 1. The van der Waals surface area contributed by atoms with Gasteiger partial charge >= 0.3 is 6.03 Å². The maximum atomic E-state index is 12.4. The Morgan fingerprint density at radius 1 is 1.06 bits per heavy atom. The number of urea groups is 1. The second-order valence-corrected chi connectivity index (χ2v) is 8.35. The quantitative estimate of drug-likeness (QED) is 0.388. The van der Waals surface area contributed by atoms with Crippen LogP contribution in [0.3, 0.4) is 0 Å². The van der Waals surface area contributed by atoms with Crippen LogP contribution >= 0.6 is 23.4 Å². The van der Waals surface area contributed by atoms with Gasteiger partial charge in [-0.25, -0.2) is 9.78 Å².